The maximum Gasteiger partial charge on any atom is 0.258 e. The highest BCUT2D eigenvalue weighted by atomic mass is 19.1. The van der Waals surface area contributed by atoms with Crippen molar-refractivity contribution < 1.29 is 18.4 Å². The van der Waals surface area contributed by atoms with E-state index < -0.39 is 17.5 Å². The molecule has 8 heteroatoms. The van der Waals surface area contributed by atoms with Crippen molar-refractivity contribution in [3.63, 3.8) is 0 Å². The number of carbonyl (C=O) groups excluding carboxylic acids is 2. The van der Waals surface area contributed by atoms with E-state index in [-0.39, 0.29) is 17.9 Å². The van der Waals surface area contributed by atoms with Gasteiger partial charge in [0.05, 0.1) is 17.7 Å². The Bertz CT molecular complexity index is 1680. The molecule has 4 aromatic rings. The number of carbonyl (C=O) groups is 2. The topological polar surface area (TPSA) is 73.5 Å². The first kappa shape index (κ1) is 28.3. The molecule has 2 aliphatic heterocycles. The fraction of sp³-hybridized carbons (Fsp3) is 0.200. The van der Waals surface area contributed by atoms with Gasteiger partial charge in [0.1, 0.15) is 11.6 Å². The lowest BCUT2D eigenvalue weighted by Gasteiger charge is -2.26. The second kappa shape index (κ2) is 12.6. The summed E-state index contributed by atoms with van der Waals surface area (Å²) in [6, 6.07) is 26.2. The molecule has 2 heterocycles. The monoisotopic (exact) mass is 578 g/mol. The molecule has 0 bridgehead atoms. The second-order valence-corrected chi connectivity index (χ2v) is 10.9. The number of rotatable bonds is 8. The first-order valence-electron chi connectivity index (χ1n) is 14.5. The van der Waals surface area contributed by atoms with Crippen LogP contribution in [0.3, 0.4) is 0 Å². The average molecular weight is 579 g/mol. The number of halogens is 2. The predicted octanol–water partition coefficient (Wildman–Crippen LogP) is 7.06. The van der Waals surface area contributed by atoms with E-state index in [0.717, 1.165) is 43.0 Å². The van der Waals surface area contributed by atoms with Crippen molar-refractivity contribution in [1.29, 1.82) is 0 Å². The molecule has 0 spiro atoms. The van der Waals surface area contributed by atoms with E-state index in [1.54, 1.807) is 18.2 Å². The second-order valence-electron chi connectivity index (χ2n) is 10.9. The van der Waals surface area contributed by atoms with Crippen LogP contribution in [0.1, 0.15) is 41.5 Å². The number of nitrogens with one attached hydrogen (secondary N) is 3. The number of fused-ring (bicyclic) bond motifs is 1. The summed E-state index contributed by atoms with van der Waals surface area (Å²) in [5, 5.41) is 9.20. The fourth-order valence-corrected chi connectivity index (χ4v) is 5.63. The van der Waals surface area contributed by atoms with Gasteiger partial charge in [-0.2, -0.15) is 0 Å². The van der Waals surface area contributed by atoms with Crippen molar-refractivity contribution in [3.05, 3.63) is 125 Å². The molecule has 0 radical (unpaired) electrons. The molecule has 0 aliphatic carbocycles. The number of nitrogens with zero attached hydrogens (tertiary/aromatic N) is 1. The lowest BCUT2D eigenvalue weighted by Crippen LogP contribution is -2.29. The van der Waals surface area contributed by atoms with Gasteiger partial charge in [0.15, 0.2) is 0 Å². The van der Waals surface area contributed by atoms with Gasteiger partial charge in [0.2, 0.25) is 5.91 Å². The van der Waals surface area contributed by atoms with E-state index >= 15 is 0 Å². The first-order valence-corrected chi connectivity index (χ1v) is 14.5. The molecule has 1 saturated heterocycles. The summed E-state index contributed by atoms with van der Waals surface area (Å²) >= 11 is 0. The number of piperidine rings is 1. The van der Waals surface area contributed by atoms with Crippen LogP contribution in [0.5, 0.6) is 0 Å². The highest BCUT2D eigenvalue weighted by Gasteiger charge is 2.29. The van der Waals surface area contributed by atoms with E-state index in [0.29, 0.717) is 28.2 Å². The maximum atomic E-state index is 14.1. The Morgan fingerprint density at radius 2 is 1.56 bits per heavy atom. The molecule has 0 atom stereocenters. The van der Waals surface area contributed by atoms with E-state index in [1.165, 1.54) is 30.9 Å². The summed E-state index contributed by atoms with van der Waals surface area (Å²) in [5.41, 5.74) is 5.80. The molecule has 0 unspecified atom stereocenters. The molecular formula is C35H32F2N4O2. The van der Waals surface area contributed by atoms with Gasteiger partial charge < -0.3 is 16.0 Å². The molecule has 3 N–H and O–H groups in total. The molecule has 0 saturated carbocycles. The van der Waals surface area contributed by atoms with E-state index in [2.05, 4.69) is 33.0 Å². The lowest BCUT2D eigenvalue weighted by atomic mass is 9.99. The van der Waals surface area contributed by atoms with Crippen molar-refractivity contribution >= 4 is 40.1 Å². The van der Waals surface area contributed by atoms with Crippen LogP contribution < -0.4 is 16.0 Å². The molecule has 6 nitrogen and oxygen atoms in total. The minimum Gasteiger partial charge on any atom is -0.354 e. The SMILES string of the molecule is O=C(Cc1ccc(F)cc1F)Nc1ccc2c(c1)C(=C(Nc1ccc(CN3CCCCC3)cc1)c1ccccc1)C(=O)N2. The van der Waals surface area contributed by atoms with Crippen molar-refractivity contribution in [3.8, 4) is 0 Å². The van der Waals surface area contributed by atoms with Crippen molar-refractivity contribution in [2.75, 3.05) is 29.0 Å². The van der Waals surface area contributed by atoms with Crippen LogP contribution in [-0.4, -0.2) is 29.8 Å². The largest absolute Gasteiger partial charge is 0.354 e. The van der Waals surface area contributed by atoms with Crippen LogP contribution in [0.25, 0.3) is 11.3 Å². The van der Waals surface area contributed by atoms with Crippen molar-refractivity contribution in [1.82, 2.24) is 4.90 Å². The van der Waals surface area contributed by atoms with E-state index in [9.17, 15) is 18.4 Å². The number of hydrogen-bond donors (Lipinski definition) is 3. The van der Waals surface area contributed by atoms with E-state index in [4.69, 9.17) is 0 Å². The third-order valence-corrected chi connectivity index (χ3v) is 7.80. The van der Waals surface area contributed by atoms with Gasteiger partial charge in [-0.05, 0) is 79.0 Å². The Labute approximate surface area is 249 Å². The zero-order valence-corrected chi connectivity index (χ0v) is 23.6. The summed E-state index contributed by atoms with van der Waals surface area (Å²) in [4.78, 5) is 28.6. The smallest absolute Gasteiger partial charge is 0.258 e. The Hall–Kier alpha value is -4.82. The predicted molar refractivity (Wildman–Crippen MR) is 166 cm³/mol. The Balaban J connectivity index is 1.28. The van der Waals surface area contributed by atoms with Gasteiger partial charge in [0, 0.05) is 35.2 Å². The van der Waals surface area contributed by atoms with Crippen LogP contribution in [-0.2, 0) is 22.6 Å². The molecule has 43 heavy (non-hydrogen) atoms. The number of likely N-dealkylation sites (tertiary alicyclic amines) is 1. The van der Waals surface area contributed by atoms with Gasteiger partial charge in [-0.25, -0.2) is 8.78 Å². The average Bonchev–Trinajstić information content (AvgIpc) is 3.34. The number of amides is 2. The number of benzene rings is 4. The summed E-state index contributed by atoms with van der Waals surface area (Å²) in [6.07, 6.45) is 3.54. The molecule has 2 amide bonds. The molecular weight excluding hydrogens is 546 g/mol. The minimum atomic E-state index is -0.776. The fourth-order valence-electron chi connectivity index (χ4n) is 5.63. The van der Waals surface area contributed by atoms with Gasteiger partial charge in [-0.3, -0.25) is 14.5 Å². The lowest BCUT2D eigenvalue weighted by molar-refractivity contribution is -0.115. The zero-order valence-electron chi connectivity index (χ0n) is 23.6. The molecule has 218 valence electrons. The van der Waals surface area contributed by atoms with Crippen LogP contribution in [0.15, 0.2) is 91.0 Å². The molecule has 2 aliphatic rings. The Morgan fingerprint density at radius 1 is 0.814 bits per heavy atom. The standard InChI is InChI=1S/C35H32F2N4O2/c36-26-12-11-25(30(37)20-26)19-32(42)38-28-15-16-31-29(21-28)33(35(43)40-31)34(24-7-3-1-4-8-24)39-27-13-9-23(10-14-27)22-41-17-5-2-6-18-41/h1,3-4,7-16,20-21,39H,2,5-6,17-19,22H2,(H,38,42)(H,40,43). The van der Waals surface area contributed by atoms with Gasteiger partial charge in [-0.15, -0.1) is 0 Å². The zero-order chi connectivity index (χ0) is 29.8. The van der Waals surface area contributed by atoms with Gasteiger partial charge in [-0.1, -0.05) is 55.0 Å². The highest BCUT2D eigenvalue weighted by Crippen LogP contribution is 2.39. The van der Waals surface area contributed by atoms with Crippen LogP contribution >= 0.6 is 0 Å². The normalized spacial score (nSPS) is 15.9. The minimum absolute atomic E-state index is 0.0926. The van der Waals surface area contributed by atoms with Crippen LogP contribution in [0.2, 0.25) is 0 Å². The number of hydrogen-bond acceptors (Lipinski definition) is 4. The maximum absolute atomic E-state index is 14.1. The Morgan fingerprint density at radius 3 is 2.30 bits per heavy atom. The first-order chi connectivity index (χ1) is 20.9. The summed E-state index contributed by atoms with van der Waals surface area (Å²) < 4.78 is 27.4. The molecule has 0 aromatic heterocycles. The van der Waals surface area contributed by atoms with Crippen LogP contribution in [0, 0.1) is 11.6 Å². The number of anilines is 3. The summed E-state index contributed by atoms with van der Waals surface area (Å²) in [5.74, 6) is -2.20. The highest BCUT2D eigenvalue weighted by molar-refractivity contribution is 6.37. The van der Waals surface area contributed by atoms with Crippen molar-refractivity contribution in [2.24, 2.45) is 0 Å². The summed E-state index contributed by atoms with van der Waals surface area (Å²) in [6.45, 7) is 3.18. The molecule has 4 aromatic carbocycles. The quantitative estimate of drug-likeness (QED) is 0.196. The third kappa shape index (κ3) is 6.65. The third-order valence-electron chi connectivity index (χ3n) is 7.80. The molecule has 1 fully saturated rings. The molecule has 6 rings (SSSR count). The van der Waals surface area contributed by atoms with E-state index in [1.807, 2.05) is 42.5 Å². The van der Waals surface area contributed by atoms with Gasteiger partial charge in [0.25, 0.3) is 5.91 Å². The van der Waals surface area contributed by atoms with Crippen LogP contribution in [0.4, 0.5) is 25.8 Å². The van der Waals surface area contributed by atoms with Crippen molar-refractivity contribution in [2.45, 2.75) is 32.2 Å². The Kier molecular flexibility index (Phi) is 8.29. The summed E-state index contributed by atoms with van der Waals surface area (Å²) in [7, 11) is 0. The van der Waals surface area contributed by atoms with Gasteiger partial charge >= 0.3 is 0 Å².